The molecular weight excluding hydrogens is 372 g/mol. The minimum absolute atomic E-state index is 0.205. The molecule has 1 aromatic heterocycles. The fraction of sp³-hybridized carbons (Fsp3) is 0.560. The summed E-state index contributed by atoms with van der Waals surface area (Å²) in [6.07, 6.45) is 5.74. The van der Waals surface area contributed by atoms with E-state index in [1.54, 1.807) is 0 Å². The van der Waals surface area contributed by atoms with Crippen LogP contribution in [-0.4, -0.2) is 60.1 Å². The molecule has 4 aliphatic rings. The summed E-state index contributed by atoms with van der Waals surface area (Å²) >= 11 is 0. The van der Waals surface area contributed by atoms with Crippen molar-refractivity contribution in [2.24, 2.45) is 28.7 Å². The number of nitrogens with zero attached hydrogens (tertiary/aromatic N) is 4. The van der Waals surface area contributed by atoms with Gasteiger partial charge >= 0.3 is 0 Å². The normalized spacial score (nSPS) is 34.9. The number of carbonyl (C=O) groups is 1. The Morgan fingerprint density at radius 2 is 1.87 bits per heavy atom. The predicted octanol–water partition coefficient (Wildman–Crippen LogP) is 3.51. The Morgan fingerprint density at radius 3 is 2.63 bits per heavy atom. The van der Waals surface area contributed by atoms with E-state index in [4.69, 9.17) is 4.98 Å². The van der Waals surface area contributed by atoms with Gasteiger partial charge in [-0.25, -0.2) is 0 Å². The third kappa shape index (κ3) is 3.15. The zero-order valence-corrected chi connectivity index (χ0v) is 17.9. The first kappa shape index (κ1) is 18.5. The van der Waals surface area contributed by atoms with Crippen molar-refractivity contribution in [2.45, 2.75) is 31.7 Å². The van der Waals surface area contributed by atoms with Crippen molar-refractivity contribution < 1.29 is 4.79 Å². The monoisotopic (exact) mass is 402 g/mol. The number of benzene rings is 1. The first-order chi connectivity index (χ1) is 14.6. The molecule has 6 rings (SSSR count). The highest BCUT2D eigenvalue weighted by atomic mass is 16.2. The molecule has 4 heterocycles. The van der Waals surface area contributed by atoms with E-state index in [0.717, 1.165) is 43.3 Å². The summed E-state index contributed by atoms with van der Waals surface area (Å²) in [4.78, 5) is 26.8. The first-order valence-electron chi connectivity index (χ1n) is 11.5. The average Bonchev–Trinajstić information content (AvgIpc) is 3.65. The summed E-state index contributed by atoms with van der Waals surface area (Å²) in [7, 11) is 2.20. The molecule has 3 fully saturated rings. The molecule has 3 aliphatic heterocycles. The van der Waals surface area contributed by atoms with Gasteiger partial charge in [0.2, 0.25) is 5.91 Å². The molecule has 1 unspecified atom stereocenters. The molecule has 0 spiro atoms. The van der Waals surface area contributed by atoms with Crippen LogP contribution in [-0.2, 0) is 4.79 Å². The van der Waals surface area contributed by atoms with Crippen LogP contribution in [0.3, 0.4) is 0 Å². The number of rotatable bonds is 4. The summed E-state index contributed by atoms with van der Waals surface area (Å²) in [5.74, 6) is 3.44. The number of hydrogen-bond acceptors (Lipinski definition) is 4. The Labute approximate surface area is 178 Å². The summed E-state index contributed by atoms with van der Waals surface area (Å²) in [6, 6.07) is 8.90. The smallest absolute Gasteiger partial charge is 0.222 e. The number of carbonyl (C=O) groups excluding carboxylic acids is 1. The van der Waals surface area contributed by atoms with Gasteiger partial charge in [0.25, 0.3) is 0 Å². The lowest BCUT2D eigenvalue weighted by Gasteiger charge is -2.37. The number of piperidine rings is 2. The van der Waals surface area contributed by atoms with Gasteiger partial charge in [0.15, 0.2) is 0 Å². The molecule has 0 bridgehead atoms. The molecule has 5 nitrogen and oxygen atoms in total. The van der Waals surface area contributed by atoms with Gasteiger partial charge in [-0.2, -0.15) is 0 Å². The lowest BCUT2D eigenvalue weighted by Crippen LogP contribution is -2.43. The van der Waals surface area contributed by atoms with Crippen LogP contribution in [0, 0.1) is 23.7 Å². The van der Waals surface area contributed by atoms with Crippen LogP contribution in [0.25, 0.3) is 10.9 Å². The third-order valence-electron chi connectivity index (χ3n) is 7.87. The minimum atomic E-state index is 0.205. The standard InChI is InChI=1S/C25H30N4O/c1-15-8-16(12-29(11-15)24(30)9-20-21-13-28(2)14-22(20)21)17-5-6-19(23-10-27-23)25-18(17)4-3-7-26-25/h3-7,10,15-16,20-23H,8-9,11-14H2,1-2H3/t15-,16+,20-,21-,22+,23?/m1/s1. The van der Waals surface area contributed by atoms with Crippen molar-refractivity contribution >= 4 is 23.0 Å². The maximum absolute atomic E-state index is 13.2. The average molecular weight is 403 g/mol. The number of hydrogen-bond donors (Lipinski definition) is 0. The van der Waals surface area contributed by atoms with Crippen LogP contribution in [0.4, 0.5) is 0 Å². The largest absolute Gasteiger partial charge is 0.342 e. The molecule has 2 saturated heterocycles. The molecule has 2 aromatic rings. The molecule has 156 valence electrons. The number of pyridine rings is 1. The number of amides is 1. The molecule has 1 aliphatic carbocycles. The van der Waals surface area contributed by atoms with E-state index in [1.165, 1.54) is 29.6 Å². The molecule has 30 heavy (non-hydrogen) atoms. The maximum atomic E-state index is 13.2. The van der Waals surface area contributed by atoms with E-state index in [2.05, 4.69) is 47.0 Å². The van der Waals surface area contributed by atoms with Crippen LogP contribution in [0.5, 0.6) is 0 Å². The van der Waals surface area contributed by atoms with Gasteiger partial charge in [-0.1, -0.05) is 25.1 Å². The molecule has 1 aromatic carbocycles. The first-order valence-corrected chi connectivity index (χ1v) is 11.5. The quantitative estimate of drug-likeness (QED) is 0.786. The zero-order valence-electron chi connectivity index (χ0n) is 17.9. The highest BCUT2D eigenvalue weighted by Gasteiger charge is 2.55. The van der Waals surface area contributed by atoms with Crippen LogP contribution in [0.1, 0.15) is 42.9 Å². The Bertz CT molecular complexity index is 1010. The van der Waals surface area contributed by atoms with Gasteiger partial charge in [0.05, 0.1) is 5.52 Å². The molecular formula is C25H30N4O. The fourth-order valence-corrected chi connectivity index (χ4v) is 6.29. The van der Waals surface area contributed by atoms with Crippen molar-refractivity contribution in [1.29, 1.82) is 0 Å². The predicted molar refractivity (Wildman–Crippen MR) is 119 cm³/mol. The van der Waals surface area contributed by atoms with Gasteiger partial charge in [-0.3, -0.25) is 14.8 Å². The van der Waals surface area contributed by atoms with Crippen molar-refractivity contribution in [2.75, 3.05) is 33.2 Å². The minimum Gasteiger partial charge on any atom is -0.342 e. The Kier molecular flexibility index (Phi) is 4.24. The Hall–Kier alpha value is -2.27. The van der Waals surface area contributed by atoms with Crippen LogP contribution in [0.2, 0.25) is 0 Å². The highest BCUT2D eigenvalue weighted by Crippen LogP contribution is 2.53. The van der Waals surface area contributed by atoms with Gasteiger partial charge in [-0.05, 0) is 48.8 Å². The molecule has 0 radical (unpaired) electrons. The SMILES string of the molecule is C[C@@H]1C[C@H](c2ccc(C3C=N3)c3ncccc23)CN(C(=O)C[C@@H]2[C@H]3CN(C)C[C@@H]23)C1. The second kappa shape index (κ2) is 6.88. The topological polar surface area (TPSA) is 48.8 Å². The second-order valence-corrected chi connectivity index (χ2v) is 10.1. The summed E-state index contributed by atoms with van der Waals surface area (Å²) in [5, 5.41) is 1.23. The Balaban J connectivity index is 1.22. The Morgan fingerprint density at radius 1 is 1.10 bits per heavy atom. The van der Waals surface area contributed by atoms with E-state index in [0.29, 0.717) is 23.7 Å². The lowest BCUT2D eigenvalue weighted by molar-refractivity contribution is -0.133. The molecule has 5 heteroatoms. The van der Waals surface area contributed by atoms with E-state index in [9.17, 15) is 4.79 Å². The summed E-state index contributed by atoms with van der Waals surface area (Å²) < 4.78 is 0. The van der Waals surface area contributed by atoms with Crippen molar-refractivity contribution in [1.82, 2.24) is 14.8 Å². The van der Waals surface area contributed by atoms with Gasteiger partial charge in [0.1, 0.15) is 6.04 Å². The lowest BCUT2D eigenvalue weighted by atomic mass is 9.83. The highest BCUT2D eigenvalue weighted by molar-refractivity contribution is 5.92. The number of aliphatic imine (C=N–C) groups is 1. The van der Waals surface area contributed by atoms with Crippen LogP contribution >= 0.6 is 0 Å². The third-order valence-corrected chi connectivity index (χ3v) is 7.87. The van der Waals surface area contributed by atoms with Crippen LogP contribution < -0.4 is 0 Å². The van der Waals surface area contributed by atoms with E-state index in [1.807, 2.05) is 18.5 Å². The summed E-state index contributed by atoms with van der Waals surface area (Å²) in [5.41, 5.74) is 3.62. The fourth-order valence-electron chi connectivity index (χ4n) is 6.29. The van der Waals surface area contributed by atoms with Crippen molar-refractivity contribution in [3.63, 3.8) is 0 Å². The van der Waals surface area contributed by atoms with E-state index < -0.39 is 0 Å². The summed E-state index contributed by atoms with van der Waals surface area (Å²) in [6.45, 7) is 6.39. The second-order valence-electron chi connectivity index (χ2n) is 10.1. The molecule has 1 saturated carbocycles. The number of aromatic nitrogens is 1. The van der Waals surface area contributed by atoms with Crippen molar-refractivity contribution in [3.05, 3.63) is 41.6 Å². The van der Waals surface area contributed by atoms with Gasteiger partial charge < -0.3 is 9.80 Å². The molecule has 6 atom stereocenters. The van der Waals surface area contributed by atoms with Crippen LogP contribution in [0.15, 0.2) is 35.5 Å². The van der Waals surface area contributed by atoms with Crippen molar-refractivity contribution in [3.8, 4) is 0 Å². The molecule has 1 amide bonds. The number of likely N-dealkylation sites (tertiary alicyclic amines) is 2. The zero-order chi connectivity index (χ0) is 20.4. The maximum Gasteiger partial charge on any atom is 0.222 e. The van der Waals surface area contributed by atoms with E-state index >= 15 is 0 Å². The number of fused-ring (bicyclic) bond motifs is 2. The van der Waals surface area contributed by atoms with Gasteiger partial charge in [0, 0.05) is 61.9 Å². The van der Waals surface area contributed by atoms with E-state index in [-0.39, 0.29) is 6.04 Å². The van der Waals surface area contributed by atoms with Gasteiger partial charge in [-0.15, -0.1) is 0 Å². The molecule has 0 N–H and O–H groups in total.